The smallest absolute Gasteiger partial charge is 0.303 e. The molecule has 2 aromatic heterocycles. The van der Waals surface area contributed by atoms with Crippen molar-refractivity contribution in [2.45, 2.75) is 19.4 Å². The molecule has 0 unspecified atom stereocenters. The molecule has 36 heavy (non-hydrogen) atoms. The van der Waals surface area contributed by atoms with Crippen LogP contribution in [0.1, 0.15) is 28.8 Å². The zero-order valence-corrected chi connectivity index (χ0v) is 20.2. The zero-order valence-electron chi connectivity index (χ0n) is 19.4. The van der Waals surface area contributed by atoms with E-state index in [0.717, 1.165) is 39.0 Å². The van der Waals surface area contributed by atoms with Crippen molar-refractivity contribution < 1.29 is 14.7 Å². The molecule has 0 aliphatic carbocycles. The molecule has 6 heteroatoms. The number of pyridine rings is 1. The fraction of sp³-hybridized carbons (Fsp3) is 0.100. The van der Waals surface area contributed by atoms with Gasteiger partial charge in [-0.25, -0.2) is 4.98 Å². The minimum Gasteiger partial charge on any atom is -0.481 e. The lowest BCUT2D eigenvalue weighted by atomic mass is 10.0. The molecule has 178 valence electrons. The summed E-state index contributed by atoms with van der Waals surface area (Å²) in [5, 5.41) is 10.3. The fourth-order valence-corrected chi connectivity index (χ4v) is 4.54. The first kappa shape index (κ1) is 23.5. The van der Waals surface area contributed by atoms with Gasteiger partial charge in [-0.3, -0.25) is 9.59 Å². The molecule has 0 atom stereocenters. The Hall–Kier alpha value is -4.22. The lowest BCUT2D eigenvalue weighted by molar-refractivity contribution is -0.136. The van der Waals surface area contributed by atoms with Crippen molar-refractivity contribution in [3.8, 4) is 22.5 Å². The van der Waals surface area contributed by atoms with Crippen LogP contribution in [0.3, 0.4) is 0 Å². The Kier molecular flexibility index (Phi) is 6.65. The molecular weight excluding hydrogens is 472 g/mol. The lowest BCUT2D eigenvalue weighted by Crippen LogP contribution is -2.04. The predicted molar refractivity (Wildman–Crippen MR) is 142 cm³/mol. The van der Waals surface area contributed by atoms with E-state index in [1.807, 2.05) is 71.3 Å². The Morgan fingerprint density at radius 1 is 0.806 bits per heavy atom. The van der Waals surface area contributed by atoms with Crippen LogP contribution in [0.4, 0.5) is 0 Å². The maximum absolute atomic E-state index is 12.9. The van der Waals surface area contributed by atoms with Crippen LogP contribution in [-0.2, 0) is 11.3 Å². The van der Waals surface area contributed by atoms with Crippen LogP contribution in [0.2, 0.25) is 5.02 Å². The second-order valence-corrected chi connectivity index (χ2v) is 9.06. The molecule has 0 radical (unpaired) electrons. The number of fused-ring (bicyclic) bond motifs is 1. The first-order chi connectivity index (χ1) is 17.5. The fourth-order valence-electron chi connectivity index (χ4n) is 4.37. The maximum atomic E-state index is 12.9. The quantitative estimate of drug-likeness (QED) is 0.233. The highest BCUT2D eigenvalue weighted by Gasteiger charge is 2.17. The summed E-state index contributed by atoms with van der Waals surface area (Å²) in [6, 6.07) is 29.6. The Balaban J connectivity index is 1.59. The van der Waals surface area contributed by atoms with Crippen LogP contribution >= 0.6 is 11.6 Å². The van der Waals surface area contributed by atoms with Crippen LogP contribution in [-0.4, -0.2) is 26.4 Å². The molecule has 0 aliphatic rings. The van der Waals surface area contributed by atoms with Gasteiger partial charge in [0.2, 0.25) is 0 Å². The summed E-state index contributed by atoms with van der Waals surface area (Å²) in [6.45, 7) is 0.506. The molecule has 0 saturated heterocycles. The van der Waals surface area contributed by atoms with Gasteiger partial charge in [-0.1, -0.05) is 72.3 Å². The average molecular weight is 495 g/mol. The highest BCUT2D eigenvalue weighted by molar-refractivity contribution is 6.31. The highest BCUT2D eigenvalue weighted by Crippen LogP contribution is 2.29. The van der Waals surface area contributed by atoms with Crippen molar-refractivity contribution in [2.75, 3.05) is 0 Å². The van der Waals surface area contributed by atoms with Gasteiger partial charge >= 0.3 is 5.97 Å². The number of benzene rings is 3. The van der Waals surface area contributed by atoms with Crippen molar-refractivity contribution in [2.24, 2.45) is 0 Å². The van der Waals surface area contributed by atoms with Gasteiger partial charge in [0.15, 0.2) is 5.78 Å². The molecule has 5 aromatic rings. The maximum Gasteiger partial charge on any atom is 0.303 e. The number of halogens is 1. The van der Waals surface area contributed by atoms with Gasteiger partial charge < -0.3 is 9.67 Å². The average Bonchev–Trinajstić information content (AvgIpc) is 3.25. The largest absolute Gasteiger partial charge is 0.481 e. The number of carbonyl (C=O) groups is 2. The van der Waals surface area contributed by atoms with Gasteiger partial charge in [0.05, 0.1) is 17.8 Å². The van der Waals surface area contributed by atoms with Gasteiger partial charge in [0, 0.05) is 51.8 Å². The molecule has 0 fully saturated rings. The second-order valence-electron chi connectivity index (χ2n) is 8.63. The van der Waals surface area contributed by atoms with E-state index in [9.17, 15) is 9.59 Å². The predicted octanol–water partition coefficient (Wildman–Crippen LogP) is 7.12. The summed E-state index contributed by atoms with van der Waals surface area (Å²) in [5.74, 6) is -1.21. The van der Waals surface area contributed by atoms with Gasteiger partial charge in [-0.05, 0) is 35.9 Å². The number of rotatable bonds is 8. The third-order valence-corrected chi connectivity index (χ3v) is 6.32. The number of ketones is 1. The number of aliphatic carboxylic acids is 1. The van der Waals surface area contributed by atoms with E-state index in [2.05, 4.69) is 12.1 Å². The molecule has 2 heterocycles. The van der Waals surface area contributed by atoms with Crippen molar-refractivity contribution in [1.29, 1.82) is 0 Å². The third-order valence-electron chi connectivity index (χ3n) is 6.09. The molecule has 0 bridgehead atoms. The van der Waals surface area contributed by atoms with E-state index in [-0.39, 0.29) is 18.6 Å². The Morgan fingerprint density at radius 3 is 2.00 bits per heavy atom. The van der Waals surface area contributed by atoms with Crippen LogP contribution in [0.5, 0.6) is 0 Å². The normalized spacial score (nSPS) is 11.0. The molecule has 5 rings (SSSR count). The summed E-state index contributed by atoms with van der Waals surface area (Å²) in [4.78, 5) is 28.8. The molecule has 0 saturated carbocycles. The van der Waals surface area contributed by atoms with E-state index in [1.54, 1.807) is 18.3 Å². The van der Waals surface area contributed by atoms with Crippen molar-refractivity contribution in [3.63, 3.8) is 0 Å². The zero-order chi connectivity index (χ0) is 25.1. The summed E-state index contributed by atoms with van der Waals surface area (Å²) in [7, 11) is 0. The molecular formula is C30H23ClN2O3. The summed E-state index contributed by atoms with van der Waals surface area (Å²) in [6.07, 6.45) is 1.53. The highest BCUT2D eigenvalue weighted by atomic mass is 35.5. The van der Waals surface area contributed by atoms with Gasteiger partial charge in [0.1, 0.15) is 0 Å². The van der Waals surface area contributed by atoms with Crippen LogP contribution < -0.4 is 0 Å². The minimum absolute atomic E-state index is 0.0630. The number of hydrogen-bond donors (Lipinski definition) is 1. The number of Topliss-reactive ketones (excluding diaryl/α,β-unsaturated/α-hetero) is 1. The third kappa shape index (κ3) is 5.07. The number of carbonyl (C=O) groups excluding carboxylic acids is 1. The van der Waals surface area contributed by atoms with Crippen LogP contribution in [0, 0.1) is 0 Å². The Bertz CT molecular complexity index is 1500. The van der Waals surface area contributed by atoms with Gasteiger partial charge in [-0.15, -0.1) is 0 Å². The molecule has 3 aromatic carbocycles. The van der Waals surface area contributed by atoms with Gasteiger partial charge in [0.25, 0.3) is 0 Å². The van der Waals surface area contributed by atoms with E-state index in [4.69, 9.17) is 21.7 Å². The summed E-state index contributed by atoms with van der Waals surface area (Å²) < 4.78 is 2.01. The molecule has 5 nitrogen and oxygen atoms in total. The first-order valence-electron chi connectivity index (χ1n) is 11.6. The van der Waals surface area contributed by atoms with Crippen LogP contribution in [0.15, 0.2) is 97.2 Å². The van der Waals surface area contributed by atoms with Crippen LogP contribution in [0.25, 0.3) is 33.4 Å². The number of nitrogens with zero attached hydrogens (tertiary/aromatic N) is 2. The molecule has 1 N–H and O–H groups in total. The molecule has 0 aliphatic heterocycles. The number of carboxylic acid groups (broad SMARTS) is 1. The molecule has 0 spiro atoms. The van der Waals surface area contributed by atoms with Crippen molar-refractivity contribution in [3.05, 3.63) is 113 Å². The Morgan fingerprint density at radius 2 is 1.42 bits per heavy atom. The number of aromatic nitrogens is 2. The lowest BCUT2D eigenvalue weighted by Gasteiger charge is -2.11. The van der Waals surface area contributed by atoms with E-state index >= 15 is 0 Å². The monoisotopic (exact) mass is 494 g/mol. The number of carboxylic acids is 1. The SMILES string of the molecule is O=C(O)CCC(=O)c1cn(Cc2cc(-c3ccccc3)nc(-c3ccccc3)c2)c2ccc(Cl)cc12. The topological polar surface area (TPSA) is 72.2 Å². The van der Waals surface area contributed by atoms with Crippen molar-refractivity contribution in [1.82, 2.24) is 9.55 Å². The summed E-state index contributed by atoms with van der Waals surface area (Å²) >= 11 is 6.25. The molecule has 0 amide bonds. The van der Waals surface area contributed by atoms with E-state index < -0.39 is 5.97 Å². The standard InChI is InChI=1S/C30H23ClN2O3/c31-23-11-12-28-24(17-23)25(29(34)13-14-30(35)36)19-33(28)18-20-15-26(21-7-3-1-4-8-21)32-27(16-20)22-9-5-2-6-10-22/h1-12,15-17,19H,13-14,18H2,(H,35,36). The number of hydrogen-bond acceptors (Lipinski definition) is 3. The first-order valence-corrected chi connectivity index (χ1v) is 12.0. The summed E-state index contributed by atoms with van der Waals surface area (Å²) in [5.41, 5.74) is 6.13. The van der Waals surface area contributed by atoms with E-state index in [1.165, 1.54) is 0 Å². The minimum atomic E-state index is -0.996. The second kappa shape index (κ2) is 10.2. The van der Waals surface area contributed by atoms with Gasteiger partial charge in [-0.2, -0.15) is 0 Å². The van der Waals surface area contributed by atoms with Crippen molar-refractivity contribution >= 4 is 34.3 Å². The Labute approximate surface area is 213 Å². The van der Waals surface area contributed by atoms with E-state index in [0.29, 0.717) is 17.1 Å².